The lowest BCUT2D eigenvalue weighted by molar-refractivity contribution is -0.143. The van der Waals surface area contributed by atoms with Gasteiger partial charge in [-0.05, 0) is 77.0 Å². The standard InChI is InChI=1S/C58H111NO5/c1-3-5-7-9-11-13-15-16-17-18-22-25-28-32-36-40-44-48-52-58(63)64-53-49-45-41-37-33-29-26-23-20-19-21-24-27-31-35-39-43-47-51-57(62)59-55(54-60)56(61)50-46-42-38-34-30-14-12-10-8-6-4-2/h17-18,21,24,55-56,60-61H,3-16,19-20,22-23,25-54H2,1-2H3,(H,59,62)/b18-17-,24-21-. The van der Waals surface area contributed by atoms with Gasteiger partial charge in [0, 0.05) is 12.8 Å². The molecule has 6 nitrogen and oxygen atoms in total. The van der Waals surface area contributed by atoms with Crippen molar-refractivity contribution < 1.29 is 24.5 Å². The lowest BCUT2D eigenvalue weighted by Gasteiger charge is -2.22. The van der Waals surface area contributed by atoms with E-state index in [2.05, 4.69) is 43.5 Å². The number of rotatable bonds is 53. The van der Waals surface area contributed by atoms with Crippen molar-refractivity contribution in [2.45, 2.75) is 321 Å². The van der Waals surface area contributed by atoms with Crippen molar-refractivity contribution >= 4 is 11.9 Å². The minimum atomic E-state index is -0.671. The van der Waals surface area contributed by atoms with Crippen LogP contribution < -0.4 is 5.32 Å². The quantitative estimate of drug-likeness (QED) is 0.0321. The minimum absolute atomic E-state index is 0.0000623. The van der Waals surface area contributed by atoms with Crippen LogP contribution in [0.5, 0.6) is 0 Å². The van der Waals surface area contributed by atoms with E-state index in [-0.39, 0.29) is 18.5 Å². The van der Waals surface area contributed by atoms with E-state index in [0.717, 1.165) is 57.8 Å². The van der Waals surface area contributed by atoms with E-state index in [1.165, 1.54) is 218 Å². The zero-order valence-electron chi connectivity index (χ0n) is 43.0. The molecule has 0 aromatic rings. The lowest BCUT2D eigenvalue weighted by atomic mass is 10.0. The monoisotopic (exact) mass is 902 g/mol. The average molecular weight is 903 g/mol. The molecule has 2 unspecified atom stereocenters. The summed E-state index contributed by atoms with van der Waals surface area (Å²) < 4.78 is 5.48. The molecular weight excluding hydrogens is 791 g/mol. The van der Waals surface area contributed by atoms with Crippen LogP contribution in [0.4, 0.5) is 0 Å². The van der Waals surface area contributed by atoms with Crippen LogP contribution in [0, 0.1) is 0 Å². The molecule has 0 heterocycles. The molecule has 6 heteroatoms. The highest BCUT2D eigenvalue weighted by Crippen LogP contribution is 2.16. The molecule has 0 saturated heterocycles. The second kappa shape index (κ2) is 54.0. The first kappa shape index (κ1) is 62.3. The fraction of sp³-hybridized carbons (Fsp3) is 0.897. The number of hydrogen-bond donors (Lipinski definition) is 3. The van der Waals surface area contributed by atoms with E-state index in [1.807, 2.05) is 0 Å². The maximum absolute atomic E-state index is 12.4. The van der Waals surface area contributed by atoms with Crippen LogP contribution in [0.15, 0.2) is 24.3 Å². The predicted molar refractivity (Wildman–Crippen MR) is 278 cm³/mol. The number of esters is 1. The van der Waals surface area contributed by atoms with E-state index in [1.54, 1.807) is 0 Å². The summed E-state index contributed by atoms with van der Waals surface area (Å²) in [5.41, 5.74) is 0. The van der Waals surface area contributed by atoms with Gasteiger partial charge in [-0.1, -0.05) is 244 Å². The van der Waals surface area contributed by atoms with Gasteiger partial charge in [-0.3, -0.25) is 9.59 Å². The SMILES string of the molecule is CCCCCCCCC/C=C\CCCCCCCCCC(=O)OCCCCCCCCCCC/C=C\CCCCCCCC(=O)NC(CO)C(O)CCCCCCCCCCCCC. The molecule has 0 saturated carbocycles. The summed E-state index contributed by atoms with van der Waals surface area (Å²) in [6.07, 6.45) is 64.5. The van der Waals surface area contributed by atoms with Crippen LogP contribution in [-0.4, -0.2) is 47.4 Å². The Labute approximate surface area is 399 Å². The molecule has 0 aliphatic rings. The zero-order valence-corrected chi connectivity index (χ0v) is 43.0. The van der Waals surface area contributed by atoms with Gasteiger partial charge >= 0.3 is 5.97 Å². The van der Waals surface area contributed by atoms with Crippen LogP contribution in [0.1, 0.15) is 309 Å². The van der Waals surface area contributed by atoms with Crippen molar-refractivity contribution in [2.75, 3.05) is 13.2 Å². The number of aliphatic hydroxyl groups is 2. The summed E-state index contributed by atoms with van der Waals surface area (Å²) in [6.45, 7) is 4.93. The number of unbranched alkanes of at least 4 members (excludes halogenated alkanes) is 38. The molecule has 2 atom stereocenters. The summed E-state index contributed by atoms with van der Waals surface area (Å²) >= 11 is 0. The first-order chi connectivity index (χ1) is 31.5. The highest BCUT2D eigenvalue weighted by Gasteiger charge is 2.20. The predicted octanol–water partition coefficient (Wildman–Crippen LogP) is 17.5. The first-order valence-electron chi connectivity index (χ1n) is 28.6. The molecule has 0 aromatic heterocycles. The van der Waals surface area contributed by atoms with Gasteiger partial charge in [0.2, 0.25) is 5.91 Å². The number of ether oxygens (including phenoxy) is 1. The Balaban J connectivity index is 3.42. The number of allylic oxidation sites excluding steroid dienone is 4. The summed E-state index contributed by atoms with van der Waals surface area (Å²) in [6, 6.07) is -0.550. The van der Waals surface area contributed by atoms with Gasteiger partial charge in [0.05, 0.1) is 25.4 Å². The molecule has 0 spiro atoms. The molecule has 3 N–H and O–H groups in total. The molecule has 0 aliphatic carbocycles. The van der Waals surface area contributed by atoms with Crippen molar-refractivity contribution in [3.8, 4) is 0 Å². The Hall–Kier alpha value is -1.66. The van der Waals surface area contributed by atoms with Crippen molar-refractivity contribution in [3.63, 3.8) is 0 Å². The molecule has 0 aliphatic heterocycles. The maximum Gasteiger partial charge on any atom is 0.305 e. The molecule has 1 amide bonds. The van der Waals surface area contributed by atoms with Gasteiger partial charge in [0.15, 0.2) is 0 Å². The molecule has 64 heavy (non-hydrogen) atoms. The molecule has 0 rings (SSSR count). The summed E-state index contributed by atoms with van der Waals surface area (Å²) in [5, 5.41) is 23.1. The Morgan fingerprint density at radius 3 is 1.11 bits per heavy atom. The van der Waals surface area contributed by atoms with Crippen LogP contribution >= 0.6 is 0 Å². The topological polar surface area (TPSA) is 95.9 Å². The summed E-state index contributed by atoms with van der Waals surface area (Å²) in [5.74, 6) is -0.0501. The van der Waals surface area contributed by atoms with Gasteiger partial charge in [0.1, 0.15) is 0 Å². The lowest BCUT2D eigenvalue weighted by Crippen LogP contribution is -2.45. The Bertz CT molecular complexity index is 997. The van der Waals surface area contributed by atoms with E-state index < -0.39 is 12.1 Å². The number of aliphatic hydroxyl groups excluding tert-OH is 2. The molecule has 0 aromatic carbocycles. The largest absolute Gasteiger partial charge is 0.466 e. The fourth-order valence-corrected chi connectivity index (χ4v) is 8.81. The van der Waals surface area contributed by atoms with Crippen LogP contribution in [0.3, 0.4) is 0 Å². The van der Waals surface area contributed by atoms with Crippen molar-refractivity contribution in [3.05, 3.63) is 24.3 Å². The highest BCUT2D eigenvalue weighted by molar-refractivity contribution is 5.76. The van der Waals surface area contributed by atoms with Gasteiger partial charge in [-0.25, -0.2) is 0 Å². The van der Waals surface area contributed by atoms with Crippen molar-refractivity contribution in [1.29, 1.82) is 0 Å². The van der Waals surface area contributed by atoms with Gasteiger partial charge in [-0.2, -0.15) is 0 Å². The normalized spacial score (nSPS) is 12.8. The van der Waals surface area contributed by atoms with Crippen LogP contribution in [0.2, 0.25) is 0 Å². The molecule has 0 radical (unpaired) electrons. The number of amides is 1. The molecule has 0 bridgehead atoms. The Morgan fingerprint density at radius 1 is 0.422 bits per heavy atom. The number of hydrogen-bond acceptors (Lipinski definition) is 5. The van der Waals surface area contributed by atoms with Gasteiger partial charge < -0.3 is 20.3 Å². The van der Waals surface area contributed by atoms with Crippen molar-refractivity contribution in [2.24, 2.45) is 0 Å². The maximum atomic E-state index is 12.4. The number of nitrogens with one attached hydrogen (secondary N) is 1. The van der Waals surface area contributed by atoms with E-state index in [0.29, 0.717) is 25.9 Å². The van der Waals surface area contributed by atoms with E-state index in [4.69, 9.17) is 4.74 Å². The van der Waals surface area contributed by atoms with Crippen LogP contribution in [0.25, 0.3) is 0 Å². The highest BCUT2D eigenvalue weighted by atomic mass is 16.5. The zero-order chi connectivity index (χ0) is 46.5. The molecular formula is C58H111NO5. The van der Waals surface area contributed by atoms with Crippen molar-refractivity contribution in [1.82, 2.24) is 5.32 Å². The first-order valence-corrected chi connectivity index (χ1v) is 28.6. The second-order valence-corrected chi connectivity index (χ2v) is 19.6. The molecule has 378 valence electrons. The Morgan fingerprint density at radius 2 is 0.734 bits per heavy atom. The Kier molecular flexibility index (Phi) is 52.6. The molecule has 0 fully saturated rings. The smallest absolute Gasteiger partial charge is 0.305 e. The number of carbonyl (C=O) groups excluding carboxylic acids is 2. The summed E-state index contributed by atoms with van der Waals surface area (Å²) in [7, 11) is 0. The minimum Gasteiger partial charge on any atom is -0.466 e. The third-order valence-electron chi connectivity index (χ3n) is 13.2. The third kappa shape index (κ3) is 49.8. The van der Waals surface area contributed by atoms with E-state index >= 15 is 0 Å². The van der Waals surface area contributed by atoms with E-state index in [9.17, 15) is 19.8 Å². The van der Waals surface area contributed by atoms with Crippen LogP contribution in [-0.2, 0) is 14.3 Å². The third-order valence-corrected chi connectivity index (χ3v) is 13.2. The fourth-order valence-electron chi connectivity index (χ4n) is 8.81. The van der Waals surface area contributed by atoms with Gasteiger partial charge in [0.25, 0.3) is 0 Å². The average Bonchev–Trinajstić information content (AvgIpc) is 3.29. The second-order valence-electron chi connectivity index (χ2n) is 19.6. The number of carbonyl (C=O) groups is 2. The van der Waals surface area contributed by atoms with Gasteiger partial charge in [-0.15, -0.1) is 0 Å². The summed E-state index contributed by atoms with van der Waals surface area (Å²) in [4.78, 5) is 24.5.